The molecule has 148 valence electrons. The second-order valence-corrected chi connectivity index (χ2v) is 9.44. The van der Waals surface area contributed by atoms with Crippen molar-refractivity contribution in [1.29, 1.82) is 0 Å². The van der Waals surface area contributed by atoms with E-state index in [2.05, 4.69) is 4.98 Å². The standard InChI is InChI=1S/C18H25N3O5S/c22-17(20-7-1-2-8-20)12-25-15-5-9-26-18(10-15)13-21(14-18)27(23,24)16-4-3-6-19-11-16/h3-4,6,11,15H,1-2,5,7-10,12-14H2/t15-/m1/s1. The lowest BCUT2D eigenvalue weighted by Crippen LogP contribution is -2.67. The molecule has 0 saturated carbocycles. The number of rotatable bonds is 5. The summed E-state index contributed by atoms with van der Waals surface area (Å²) in [6.07, 6.45) is 6.29. The molecule has 0 bridgehead atoms. The van der Waals surface area contributed by atoms with E-state index in [0.717, 1.165) is 32.4 Å². The molecule has 4 rings (SSSR count). The molecule has 3 aliphatic heterocycles. The Kier molecular flexibility index (Phi) is 5.19. The number of carbonyl (C=O) groups excluding carboxylic acids is 1. The normalized spacial score (nSPS) is 25.5. The smallest absolute Gasteiger partial charge is 0.248 e. The fourth-order valence-electron chi connectivity index (χ4n) is 4.01. The monoisotopic (exact) mass is 395 g/mol. The van der Waals surface area contributed by atoms with E-state index in [1.165, 1.54) is 10.5 Å². The van der Waals surface area contributed by atoms with Gasteiger partial charge in [-0.25, -0.2) is 8.42 Å². The molecule has 27 heavy (non-hydrogen) atoms. The number of hydrogen-bond acceptors (Lipinski definition) is 6. The van der Waals surface area contributed by atoms with Gasteiger partial charge in [-0.05, 0) is 31.4 Å². The minimum atomic E-state index is -3.54. The van der Waals surface area contributed by atoms with Gasteiger partial charge in [-0.3, -0.25) is 9.78 Å². The molecule has 3 saturated heterocycles. The van der Waals surface area contributed by atoms with E-state index in [1.54, 1.807) is 18.3 Å². The predicted octanol–water partition coefficient (Wildman–Crippen LogP) is 0.643. The molecule has 8 nitrogen and oxygen atoms in total. The van der Waals surface area contributed by atoms with Gasteiger partial charge in [0.25, 0.3) is 0 Å². The number of carbonyl (C=O) groups is 1. The molecule has 0 radical (unpaired) electrons. The molecule has 1 aromatic rings. The maximum atomic E-state index is 12.6. The number of hydrogen-bond donors (Lipinski definition) is 0. The third kappa shape index (κ3) is 3.87. The molecule has 0 N–H and O–H groups in total. The highest BCUT2D eigenvalue weighted by Crippen LogP contribution is 2.38. The van der Waals surface area contributed by atoms with E-state index in [-0.39, 0.29) is 23.5 Å². The van der Waals surface area contributed by atoms with Crippen LogP contribution in [0.15, 0.2) is 29.4 Å². The van der Waals surface area contributed by atoms with Gasteiger partial charge >= 0.3 is 0 Å². The van der Waals surface area contributed by atoms with Gasteiger partial charge in [0.1, 0.15) is 11.5 Å². The molecule has 1 amide bonds. The van der Waals surface area contributed by atoms with Gasteiger partial charge in [0.15, 0.2) is 0 Å². The van der Waals surface area contributed by atoms with Crippen LogP contribution in [-0.2, 0) is 24.3 Å². The van der Waals surface area contributed by atoms with Gasteiger partial charge in [-0.15, -0.1) is 0 Å². The number of aromatic nitrogens is 1. The van der Waals surface area contributed by atoms with Crippen LogP contribution in [0.1, 0.15) is 25.7 Å². The van der Waals surface area contributed by atoms with E-state index in [0.29, 0.717) is 26.1 Å². The highest BCUT2D eigenvalue weighted by molar-refractivity contribution is 7.89. The summed E-state index contributed by atoms with van der Waals surface area (Å²) >= 11 is 0. The third-order valence-electron chi connectivity index (χ3n) is 5.55. The quantitative estimate of drug-likeness (QED) is 0.727. The zero-order valence-corrected chi connectivity index (χ0v) is 16.1. The van der Waals surface area contributed by atoms with E-state index in [4.69, 9.17) is 9.47 Å². The Labute approximate surface area is 159 Å². The molecule has 9 heteroatoms. The van der Waals surface area contributed by atoms with Crippen molar-refractivity contribution < 1.29 is 22.7 Å². The highest BCUT2D eigenvalue weighted by Gasteiger charge is 2.52. The second-order valence-electron chi connectivity index (χ2n) is 7.51. The predicted molar refractivity (Wildman–Crippen MR) is 96.5 cm³/mol. The first-order chi connectivity index (χ1) is 13.0. The number of likely N-dealkylation sites (tertiary alicyclic amines) is 1. The number of sulfonamides is 1. The molecule has 1 aromatic heterocycles. The van der Waals surface area contributed by atoms with Crippen LogP contribution in [0.3, 0.4) is 0 Å². The third-order valence-corrected chi connectivity index (χ3v) is 7.33. The van der Waals surface area contributed by atoms with Gasteiger partial charge in [-0.1, -0.05) is 0 Å². The molecule has 3 aliphatic rings. The van der Waals surface area contributed by atoms with Gasteiger partial charge in [0, 0.05) is 51.6 Å². The van der Waals surface area contributed by atoms with Gasteiger partial charge in [0.2, 0.25) is 15.9 Å². The number of nitrogens with zero attached hydrogens (tertiary/aromatic N) is 3. The maximum Gasteiger partial charge on any atom is 0.248 e. The van der Waals surface area contributed by atoms with Crippen molar-refractivity contribution in [2.24, 2.45) is 0 Å². The zero-order valence-electron chi connectivity index (χ0n) is 15.2. The van der Waals surface area contributed by atoms with Crippen molar-refractivity contribution in [3.8, 4) is 0 Å². The molecule has 0 aromatic carbocycles. The number of amides is 1. The van der Waals surface area contributed by atoms with Crippen LogP contribution in [0.25, 0.3) is 0 Å². The van der Waals surface area contributed by atoms with Crippen LogP contribution in [0.5, 0.6) is 0 Å². The Bertz CT molecular complexity index is 773. The average molecular weight is 395 g/mol. The molecule has 1 spiro atoms. The Morgan fingerprint density at radius 3 is 2.81 bits per heavy atom. The summed E-state index contributed by atoms with van der Waals surface area (Å²) in [6.45, 7) is 2.87. The summed E-state index contributed by atoms with van der Waals surface area (Å²) in [5.41, 5.74) is -0.505. The Balaban J connectivity index is 1.31. The van der Waals surface area contributed by atoms with E-state index in [9.17, 15) is 13.2 Å². The lowest BCUT2D eigenvalue weighted by Gasteiger charge is -2.52. The number of ether oxygens (including phenoxy) is 2. The minimum absolute atomic E-state index is 0.0439. The van der Waals surface area contributed by atoms with Crippen molar-refractivity contribution in [2.75, 3.05) is 39.4 Å². The zero-order chi connectivity index (χ0) is 18.9. The summed E-state index contributed by atoms with van der Waals surface area (Å²) in [5, 5.41) is 0. The van der Waals surface area contributed by atoms with Crippen molar-refractivity contribution in [2.45, 2.75) is 42.3 Å². The largest absolute Gasteiger partial charge is 0.372 e. The Hall–Kier alpha value is -1.55. The van der Waals surface area contributed by atoms with Crippen molar-refractivity contribution in [3.05, 3.63) is 24.5 Å². The molecule has 3 fully saturated rings. The molecule has 1 atom stereocenters. The molecule has 0 aliphatic carbocycles. The van der Waals surface area contributed by atoms with Crippen LogP contribution < -0.4 is 0 Å². The van der Waals surface area contributed by atoms with Gasteiger partial charge in [0.05, 0.1) is 11.7 Å². The van der Waals surface area contributed by atoms with Crippen molar-refractivity contribution >= 4 is 15.9 Å². The van der Waals surface area contributed by atoms with Crippen LogP contribution in [0, 0.1) is 0 Å². The fourth-order valence-corrected chi connectivity index (χ4v) is 5.56. The molecular weight excluding hydrogens is 370 g/mol. The Morgan fingerprint density at radius 1 is 1.33 bits per heavy atom. The maximum absolute atomic E-state index is 12.6. The van der Waals surface area contributed by atoms with Crippen molar-refractivity contribution in [3.63, 3.8) is 0 Å². The summed E-state index contributed by atoms with van der Waals surface area (Å²) in [6, 6.07) is 3.16. The lowest BCUT2D eigenvalue weighted by molar-refractivity contribution is -0.181. The average Bonchev–Trinajstić information content (AvgIpc) is 3.20. The van der Waals surface area contributed by atoms with E-state index >= 15 is 0 Å². The second kappa shape index (κ2) is 7.46. The highest BCUT2D eigenvalue weighted by atomic mass is 32.2. The van der Waals surface area contributed by atoms with E-state index < -0.39 is 15.6 Å². The lowest BCUT2D eigenvalue weighted by atomic mass is 9.86. The van der Waals surface area contributed by atoms with Crippen LogP contribution in [0.2, 0.25) is 0 Å². The summed E-state index contributed by atoms with van der Waals surface area (Å²) < 4.78 is 38.4. The first-order valence-electron chi connectivity index (χ1n) is 9.42. The van der Waals surface area contributed by atoms with E-state index in [1.807, 2.05) is 4.90 Å². The summed E-state index contributed by atoms with van der Waals surface area (Å²) in [4.78, 5) is 18.1. The van der Waals surface area contributed by atoms with Crippen molar-refractivity contribution in [1.82, 2.24) is 14.2 Å². The summed E-state index contributed by atoms with van der Waals surface area (Å²) in [5.74, 6) is 0.0439. The molecule has 0 unspecified atom stereocenters. The number of pyridine rings is 1. The SMILES string of the molecule is O=C(CO[C@@H]1CCOC2(C1)CN(S(=O)(=O)c1cccnc1)C2)N1CCCC1. The first-order valence-corrected chi connectivity index (χ1v) is 10.9. The first kappa shape index (κ1) is 18.8. The summed E-state index contributed by atoms with van der Waals surface area (Å²) in [7, 11) is -3.54. The van der Waals surface area contributed by atoms with Gasteiger partial charge < -0.3 is 14.4 Å². The van der Waals surface area contributed by atoms with Gasteiger partial charge in [-0.2, -0.15) is 4.31 Å². The molecule has 4 heterocycles. The molecular formula is C18H25N3O5S. The minimum Gasteiger partial charge on any atom is -0.372 e. The Morgan fingerprint density at radius 2 is 2.11 bits per heavy atom. The van der Waals surface area contributed by atoms with Crippen LogP contribution >= 0.6 is 0 Å². The van der Waals surface area contributed by atoms with Crippen LogP contribution in [0.4, 0.5) is 0 Å². The topological polar surface area (TPSA) is 89.0 Å². The fraction of sp³-hybridized carbons (Fsp3) is 0.667. The van der Waals surface area contributed by atoms with Crippen LogP contribution in [-0.4, -0.2) is 79.6 Å².